The Kier molecular flexibility index (Phi) is 5.92. The number of nitrogens with zero attached hydrogens (tertiary/aromatic N) is 1. The molecule has 0 aromatic carbocycles. The molecule has 0 rings (SSSR count). The first-order valence-corrected chi connectivity index (χ1v) is 9.98. The molecular weight excluding hydrogens is 250 g/mol. The lowest BCUT2D eigenvalue weighted by molar-refractivity contribution is 0.343. The van der Waals surface area contributed by atoms with Crippen molar-refractivity contribution in [3.8, 4) is 0 Å². The zero-order chi connectivity index (χ0) is 13.9. The molecule has 0 saturated carbocycles. The van der Waals surface area contributed by atoms with Crippen LogP contribution in [0.15, 0.2) is 4.40 Å². The van der Waals surface area contributed by atoms with E-state index in [1.807, 2.05) is 20.8 Å². The lowest BCUT2D eigenvalue weighted by atomic mass is 10.2. The fourth-order valence-electron chi connectivity index (χ4n) is 0.718. The van der Waals surface area contributed by atoms with Gasteiger partial charge in [-0.3, -0.25) is 0 Å². The van der Waals surface area contributed by atoms with Crippen molar-refractivity contribution >= 4 is 25.9 Å². The zero-order valence-electron chi connectivity index (χ0n) is 12.5. The van der Waals surface area contributed by atoms with Gasteiger partial charge in [0, 0.05) is 0 Å². The van der Waals surface area contributed by atoms with Crippen molar-refractivity contribution in [3.05, 3.63) is 0 Å². The van der Waals surface area contributed by atoms with Gasteiger partial charge in [0.15, 0.2) is 8.32 Å². The normalized spacial score (nSPS) is 16.5. The Labute approximate surface area is 110 Å². The average molecular weight is 278 g/mol. The fraction of sp³-hybridized carbons (Fsp3) is 0.917. The van der Waals surface area contributed by atoms with E-state index in [0.29, 0.717) is 6.61 Å². The molecule has 5 heteroatoms. The van der Waals surface area contributed by atoms with E-state index in [0.717, 1.165) is 0 Å². The van der Waals surface area contributed by atoms with Crippen LogP contribution in [-0.2, 0) is 15.8 Å². The van der Waals surface area contributed by atoms with Crippen LogP contribution in [0.1, 0.15) is 41.5 Å². The molecule has 0 saturated heterocycles. The molecule has 0 fully saturated rings. The van der Waals surface area contributed by atoms with Crippen molar-refractivity contribution in [2.45, 2.75) is 64.4 Å². The predicted molar refractivity (Wildman–Crippen MR) is 79.5 cm³/mol. The summed E-state index contributed by atoms with van der Waals surface area (Å²) in [6.45, 7) is 17.2. The Morgan fingerprint density at radius 2 is 1.65 bits per heavy atom. The van der Waals surface area contributed by atoms with Gasteiger partial charge in [-0.1, -0.05) is 25.2 Å². The largest absolute Gasteiger partial charge is 0.591 e. The topological polar surface area (TPSA) is 44.7 Å². The maximum atomic E-state index is 11.7. The minimum atomic E-state index is -1.71. The highest BCUT2D eigenvalue weighted by atomic mass is 32.2. The summed E-state index contributed by atoms with van der Waals surface area (Å²) in [5.74, 6) is 0. The van der Waals surface area contributed by atoms with E-state index in [-0.39, 0.29) is 9.79 Å². The molecule has 0 amide bonds. The Morgan fingerprint density at radius 3 is 2.00 bits per heavy atom. The van der Waals surface area contributed by atoms with Gasteiger partial charge in [-0.15, -0.1) is 0 Å². The first-order chi connectivity index (χ1) is 7.38. The van der Waals surface area contributed by atoms with Gasteiger partial charge >= 0.3 is 0 Å². The van der Waals surface area contributed by atoms with Crippen LogP contribution in [0.5, 0.6) is 0 Å². The van der Waals surface area contributed by atoms with Gasteiger partial charge < -0.3 is 8.98 Å². The number of rotatable bonds is 4. The van der Waals surface area contributed by atoms with Gasteiger partial charge in [0.05, 0.1) is 12.8 Å². The van der Waals surface area contributed by atoms with Gasteiger partial charge in [0.1, 0.15) is 16.1 Å². The van der Waals surface area contributed by atoms with Crippen molar-refractivity contribution in [2.75, 3.05) is 6.61 Å². The maximum absolute atomic E-state index is 11.7. The van der Waals surface area contributed by atoms with E-state index >= 15 is 0 Å². The zero-order valence-corrected chi connectivity index (χ0v) is 14.3. The van der Waals surface area contributed by atoms with Gasteiger partial charge in [-0.2, -0.15) is 0 Å². The minimum Gasteiger partial charge on any atom is -0.591 e. The molecule has 0 N–H and O–H groups in total. The lowest BCUT2D eigenvalue weighted by Crippen LogP contribution is -2.41. The monoisotopic (exact) mass is 277 g/mol. The lowest BCUT2D eigenvalue weighted by Gasteiger charge is -2.35. The van der Waals surface area contributed by atoms with E-state index < -0.39 is 19.7 Å². The summed E-state index contributed by atoms with van der Waals surface area (Å²) in [7, 11) is -1.71. The highest BCUT2D eigenvalue weighted by Crippen LogP contribution is 2.36. The van der Waals surface area contributed by atoms with Crippen LogP contribution in [0.2, 0.25) is 18.1 Å². The molecule has 1 atom stereocenters. The van der Waals surface area contributed by atoms with E-state index in [1.54, 1.807) is 6.21 Å². The number of hydrogen-bond acceptors (Lipinski definition) is 3. The van der Waals surface area contributed by atoms with Crippen molar-refractivity contribution in [1.29, 1.82) is 0 Å². The molecule has 0 unspecified atom stereocenters. The van der Waals surface area contributed by atoms with Crippen molar-refractivity contribution < 1.29 is 8.98 Å². The van der Waals surface area contributed by atoms with Gasteiger partial charge in [0.2, 0.25) is 0 Å². The summed E-state index contributed by atoms with van der Waals surface area (Å²) in [5.41, 5.74) is 0. The first-order valence-electron chi connectivity index (χ1n) is 5.96. The third-order valence-corrected chi connectivity index (χ3v) is 8.91. The van der Waals surface area contributed by atoms with Crippen molar-refractivity contribution in [2.24, 2.45) is 4.40 Å². The molecule has 0 aliphatic rings. The molecule has 0 aromatic heterocycles. The summed E-state index contributed by atoms with van der Waals surface area (Å²) >= 11 is -1.18. The molecule has 17 heavy (non-hydrogen) atoms. The van der Waals surface area contributed by atoms with Crippen LogP contribution in [0.4, 0.5) is 0 Å². The third kappa shape index (κ3) is 6.04. The molecule has 102 valence electrons. The van der Waals surface area contributed by atoms with E-state index in [2.05, 4.69) is 38.3 Å². The summed E-state index contributed by atoms with van der Waals surface area (Å²) in [4.78, 5) is 0. The van der Waals surface area contributed by atoms with E-state index in [4.69, 9.17) is 4.43 Å². The van der Waals surface area contributed by atoms with Crippen LogP contribution in [0.25, 0.3) is 0 Å². The Balaban J connectivity index is 4.22. The van der Waals surface area contributed by atoms with Crippen molar-refractivity contribution in [3.63, 3.8) is 0 Å². The molecule has 0 spiro atoms. The highest BCUT2D eigenvalue weighted by Gasteiger charge is 2.36. The van der Waals surface area contributed by atoms with Crippen LogP contribution in [-0.4, -0.2) is 30.4 Å². The van der Waals surface area contributed by atoms with Gasteiger partial charge in [-0.05, 0) is 38.9 Å². The second-order valence-electron chi connectivity index (χ2n) is 6.72. The van der Waals surface area contributed by atoms with Crippen LogP contribution < -0.4 is 0 Å². The predicted octanol–water partition coefficient (Wildman–Crippen LogP) is 3.54. The summed E-state index contributed by atoms with van der Waals surface area (Å²) in [6, 6.07) is 0. The first kappa shape index (κ1) is 17.2. The van der Waals surface area contributed by atoms with E-state index in [9.17, 15) is 4.55 Å². The molecule has 0 aromatic rings. The second kappa shape index (κ2) is 5.86. The summed E-state index contributed by atoms with van der Waals surface area (Å²) in [5, 5.41) is 0.198. The van der Waals surface area contributed by atoms with Gasteiger partial charge in [-0.25, -0.2) is 0 Å². The third-order valence-electron chi connectivity index (χ3n) is 3.02. The number of hydrogen-bond donors (Lipinski definition) is 0. The summed E-state index contributed by atoms with van der Waals surface area (Å²) < 4.78 is 21.3. The van der Waals surface area contributed by atoms with Crippen molar-refractivity contribution in [1.82, 2.24) is 0 Å². The second-order valence-corrected chi connectivity index (χ2v) is 13.5. The van der Waals surface area contributed by atoms with Gasteiger partial charge in [0.25, 0.3) is 0 Å². The average Bonchev–Trinajstić information content (AvgIpc) is 2.08. The standard InChI is InChI=1S/C12H27NO2SSi/c1-11(2,3)16(14)13-9-10-15-17(7,8)12(4,5)6/h9H,10H2,1-8H3/b13-9+/t16-/m0/s1. The molecule has 0 heterocycles. The Hall–Kier alpha value is 0.157. The molecule has 0 bridgehead atoms. The van der Waals surface area contributed by atoms with Crippen LogP contribution >= 0.6 is 0 Å². The van der Waals surface area contributed by atoms with Crippen LogP contribution in [0.3, 0.4) is 0 Å². The summed E-state index contributed by atoms with van der Waals surface area (Å²) in [6.07, 6.45) is 1.64. The quantitative estimate of drug-likeness (QED) is 0.448. The van der Waals surface area contributed by atoms with Crippen LogP contribution in [0, 0.1) is 0 Å². The molecule has 0 radical (unpaired) electrons. The fourth-order valence-corrected chi connectivity index (χ4v) is 2.16. The molecular formula is C12H27NO2SSi. The van der Waals surface area contributed by atoms with E-state index in [1.165, 1.54) is 0 Å². The molecule has 0 aliphatic carbocycles. The molecule has 3 nitrogen and oxygen atoms in total. The molecule has 0 aliphatic heterocycles. The Morgan fingerprint density at radius 1 is 1.18 bits per heavy atom. The maximum Gasteiger partial charge on any atom is 0.192 e. The smallest absolute Gasteiger partial charge is 0.192 e. The SMILES string of the molecule is CC(C)(C)[S@+]([O-])/N=C/CO[Si](C)(C)C(C)(C)C. The Bertz CT molecular complexity index is 267. The minimum absolute atomic E-state index is 0.198. The highest BCUT2D eigenvalue weighted by molar-refractivity contribution is 7.91.